The summed E-state index contributed by atoms with van der Waals surface area (Å²) >= 11 is 0. The molecule has 94 heavy (non-hydrogen) atoms. The molecule has 550 valence electrons. The summed E-state index contributed by atoms with van der Waals surface area (Å²) < 4.78 is 68.4. The fourth-order valence-corrected chi connectivity index (χ4v) is 12.0. The zero-order valence-electron chi connectivity index (χ0n) is 59.9. The van der Waals surface area contributed by atoms with Crippen molar-refractivity contribution >= 4 is 39.5 Å². The van der Waals surface area contributed by atoms with Crippen molar-refractivity contribution in [2.24, 2.45) is 0 Å². The van der Waals surface area contributed by atoms with Gasteiger partial charge in [0.2, 0.25) is 0 Å². The van der Waals surface area contributed by atoms with Gasteiger partial charge in [-0.2, -0.15) is 0 Å². The topological polar surface area (TPSA) is 237 Å². The Morgan fingerprint density at radius 3 is 0.851 bits per heavy atom. The molecule has 0 radical (unpaired) electrons. The van der Waals surface area contributed by atoms with E-state index in [-0.39, 0.29) is 25.7 Å². The zero-order valence-corrected chi connectivity index (χ0v) is 61.7. The molecule has 0 saturated carbocycles. The molecule has 0 bridgehead atoms. The molecule has 0 aliphatic heterocycles. The van der Waals surface area contributed by atoms with Crippen LogP contribution in [0.2, 0.25) is 0 Å². The average Bonchev–Trinajstić information content (AvgIpc) is 1.36. The molecular weight excluding hydrogens is 1230 g/mol. The lowest BCUT2D eigenvalue weighted by molar-refractivity contribution is -0.161. The molecule has 5 atom stereocenters. The van der Waals surface area contributed by atoms with Gasteiger partial charge in [-0.3, -0.25) is 37.3 Å². The SMILES string of the molecule is CCCC/C=C\CCCCCCCC(=O)OC(COC(=O)CCCCCCCCCCCCCCC)COP(=O)(O)OCC(O)COP(=O)(O)OCC(COC(=O)CCCCCCC/C=C\C/C=C\CCCCC)OC(=O)CCCCCCC/C=C\CCCCCCCC. The van der Waals surface area contributed by atoms with Crippen LogP contribution in [0, 0.1) is 0 Å². The third-order valence-electron chi connectivity index (χ3n) is 16.3. The Morgan fingerprint density at radius 1 is 0.298 bits per heavy atom. The summed E-state index contributed by atoms with van der Waals surface area (Å²) in [7, 11) is -9.93. The predicted octanol–water partition coefficient (Wildman–Crippen LogP) is 21.3. The molecule has 0 spiro atoms. The van der Waals surface area contributed by atoms with Crippen molar-refractivity contribution in [2.45, 2.75) is 367 Å². The van der Waals surface area contributed by atoms with E-state index in [2.05, 4.69) is 76.3 Å². The number of hydrogen-bond acceptors (Lipinski definition) is 15. The quantitative estimate of drug-likeness (QED) is 0.0169. The van der Waals surface area contributed by atoms with Crippen molar-refractivity contribution in [1.29, 1.82) is 0 Å². The van der Waals surface area contributed by atoms with Gasteiger partial charge >= 0.3 is 39.5 Å². The van der Waals surface area contributed by atoms with Gasteiger partial charge in [0.05, 0.1) is 26.4 Å². The van der Waals surface area contributed by atoms with E-state index in [4.69, 9.17) is 37.0 Å². The molecular formula is C75H138O17P2. The predicted molar refractivity (Wildman–Crippen MR) is 381 cm³/mol. The van der Waals surface area contributed by atoms with Crippen LogP contribution in [0.25, 0.3) is 0 Å². The van der Waals surface area contributed by atoms with Gasteiger partial charge in [0, 0.05) is 25.7 Å². The van der Waals surface area contributed by atoms with Gasteiger partial charge in [-0.1, -0.05) is 269 Å². The molecule has 17 nitrogen and oxygen atoms in total. The second kappa shape index (κ2) is 68.5. The fourth-order valence-electron chi connectivity index (χ4n) is 10.4. The highest BCUT2D eigenvalue weighted by molar-refractivity contribution is 7.47. The Kier molecular flexibility index (Phi) is 66.4. The molecule has 0 aromatic heterocycles. The summed E-state index contributed by atoms with van der Waals surface area (Å²) in [5.41, 5.74) is 0. The van der Waals surface area contributed by atoms with Crippen molar-refractivity contribution in [2.75, 3.05) is 39.6 Å². The van der Waals surface area contributed by atoms with E-state index in [0.29, 0.717) is 25.7 Å². The van der Waals surface area contributed by atoms with Crippen LogP contribution in [0.15, 0.2) is 48.6 Å². The molecule has 0 aromatic rings. The molecule has 0 rings (SSSR count). The Hall–Kier alpha value is -2.98. The Labute approximate surface area is 572 Å². The van der Waals surface area contributed by atoms with Gasteiger partial charge < -0.3 is 33.8 Å². The van der Waals surface area contributed by atoms with Gasteiger partial charge in [0.1, 0.15) is 19.3 Å². The fraction of sp³-hybridized carbons (Fsp3) is 0.840. The van der Waals surface area contributed by atoms with Crippen LogP contribution in [0.3, 0.4) is 0 Å². The number of aliphatic hydroxyl groups excluding tert-OH is 1. The standard InChI is InChI=1S/C75H138O17P2/c1-5-9-13-17-21-25-29-32-34-37-41-44-48-52-56-60-73(78)86-66-71(92-75(80)62-58-54-50-46-42-38-35-33-30-26-22-18-14-10-6-2)68-90-94(83,84)88-64-69(76)63-87-93(81,82)89-67-70(91-74(79)61-57-53-49-45-39-28-24-20-16-12-8-4)65-85-72(77)59-55-51-47-43-40-36-31-27-23-19-15-11-7-3/h20-21,24-25,32-35,69-71,76H,5-19,22-23,26-31,36-68H2,1-4H3,(H,81,82)(H,83,84)/b24-20-,25-21-,34-32-,35-33-. The largest absolute Gasteiger partial charge is 0.472 e. The monoisotopic (exact) mass is 1370 g/mol. The summed E-state index contributed by atoms with van der Waals surface area (Å²) in [5, 5.41) is 10.6. The van der Waals surface area contributed by atoms with Crippen LogP contribution < -0.4 is 0 Å². The molecule has 0 saturated heterocycles. The maximum Gasteiger partial charge on any atom is 0.472 e. The van der Waals surface area contributed by atoms with Crippen LogP contribution in [0.4, 0.5) is 0 Å². The maximum absolute atomic E-state index is 13.1. The first-order valence-electron chi connectivity index (χ1n) is 37.9. The third kappa shape index (κ3) is 67.6. The third-order valence-corrected chi connectivity index (χ3v) is 18.2. The normalized spacial score (nSPS) is 14.2. The lowest BCUT2D eigenvalue weighted by atomic mass is 10.0. The number of aliphatic hydroxyl groups is 1. The van der Waals surface area contributed by atoms with Crippen molar-refractivity contribution < 1.29 is 80.2 Å². The first kappa shape index (κ1) is 91.0. The van der Waals surface area contributed by atoms with Crippen LogP contribution in [-0.2, 0) is 65.4 Å². The van der Waals surface area contributed by atoms with E-state index in [0.717, 1.165) is 141 Å². The van der Waals surface area contributed by atoms with E-state index in [1.165, 1.54) is 128 Å². The number of carbonyl (C=O) groups excluding carboxylic acids is 4. The zero-order chi connectivity index (χ0) is 69.0. The highest BCUT2D eigenvalue weighted by Gasteiger charge is 2.30. The summed E-state index contributed by atoms with van der Waals surface area (Å²) in [4.78, 5) is 72.7. The minimum absolute atomic E-state index is 0.0866. The highest BCUT2D eigenvalue weighted by atomic mass is 31.2. The molecule has 0 amide bonds. The molecule has 3 N–H and O–H groups in total. The van der Waals surface area contributed by atoms with Gasteiger partial charge in [-0.25, -0.2) is 9.13 Å². The molecule has 0 aliphatic rings. The second-order valence-corrected chi connectivity index (χ2v) is 28.5. The molecule has 0 aliphatic carbocycles. The summed E-state index contributed by atoms with van der Waals surface area (Å²) in [6.07, 6.45) is 63.9. The average molecular weight is 1370 g/mol. The smallest absolute Gasteiger partial charge is 0.462 e. The van der Waals surface area contributed by atoms with Crippen molar-refractivity contribution in [3.63, 3.8) is 0 Å². The molecule has 0 heterocycles. The van der Waals surface area contributed by atoms with Crippen LogP contribution >= 0.6 is 15.6 Å². The number of esters is 4. The first-order valence-corrected chi connectivity index (χ1v) is 40.9. The van der Waals surface area contributed by atoms with Gasteiger partial charge in [0.25, 0.3) is 0 Å². The van der Waals surface area contributed by atoms with Crippen LogP contribution in [-0.4, -0.2) is 96.7 Å². The van der Waals surface area contributed by atoms with Crippen molar-refractivity contribution in [1.82, 2.24) is 0 Å². The van der Waals surface area contributed by atoms with Gasteiger partial charge in [-0.15, -0.1) is 0 Å². The minimum Gasteiger partial charge on any atom is -0.462 e. The van der Waals surface area contributed by atoms with E-state index in [9.17, 15) is 43.2 Å². The van der Waals surface area contributed by atoms with E-state index < -0.39 is 97.5 Å². The van der Waals surface area contributed by atoms with Crippen LogP contribution in [0.5, 0.6) is 0 Å². The second-order valence-electron chi connectivity index (χ2n) is 25.6. The van der Waals surface area contributed by atoms with E-state index in [1.54, 1.807) is 0 Å². The van der Waals surface area contributed by atoms with Crippen molar-refractivity contribution in [3.8, 4) is 0 Å². The Balaban J connectivity index is 5.31. The number of hydrogen-bond donors (Lipinski definition) is 3. The van der Waals surface area contributed by atoms with Gasteiger partial charge in [-0.05, 0) is 103 Å². The number of ether oxygens (including phenoxy) is 4. The Bertz CT molecular complexity index is 1980. The molecule has 5 unspecified atom stereocenters. The molecule has 0 fully saturated rings. The summed E-state index contributed by atoms with van der Waals surface area (Å²) in [6, 6.07) is 0. The number of allylic oxidation sites excluding steroid dienone is 8. The number of rotatable bonds is 72. The number of carbonyl (C=O) groups is 4. The number of phosphoric ester groups is 2. The lowest BCUT2D eigenvalue weighted by Gasteiger charge is -2.21. The first-order chi connectivity index (χ1) is 45.7. The summed E-state index contributed by atoms with van der Waals surface area (Å²) in [5.74, 6) is -2.18. The lowest BCUT2D eigenvalue weighted by Crippen LogP contribution is -2.30. The number of phosphoric acid groups is 2. The minimum atomic E-state index is -4.97. The van der Waals surface area contributed by atoms with Crippen LogP contribution in [0.1, 0.15) is 349 Å². The number of unbranched alkanes of at least 4 members (excludes halogenated alkanes) is 38. The highest BCUT2D eigenvalue weighted by Crippen LogP contribution is 2.45. The molecule has 19 heteroatoms. The van der Waals surface area contributed by atoms with E-state index in [1.807, 2.05) is 0 Å². The van der Waals surface area contributed by atoms with E-state index >= 15 is 0 Å². The molecule has 0 aromatic carbocycles. The summed E-state index contributed by atoms with van der Waals surface area (Å²) in [6.45, 7) is 4.82. The maximum atomic E-state index is 13.1. The van der Waals surface area contributed by atoms with Gasteiger partial charge in [0.15, 0.2) is 12.2 Å². The van der Waals surface area contributed by atoms with Crippen molar-refractivity contribution in [3.05, 3.63) is 48.6 Å². The Morgan fingerprint density at radius 2 is 0.532 bits per heavy atom.